The summed E-state index contributed by atoms with van der Waals surface area (Å²) in [4.78, 5) is 57.4. The molecule has 2 amide bonds. The monoisotopic (exact) mass is 1230 g/mol. The summed E-state index contributed by atoms with van der Waals surface area (Å²) in [5.41, 5.74) is 5.59. The van der Waals surface area contributed by atoms with E-state index in [0.717, 1.165) is 38.9 Å². The number of anilines is 1. The average molecular weight is 1230 g/mol. The molecule has 21 heteroatoms. The van der Waals surface area contributed by atoms with Crippen molar-refractivity contribution in [3.63, 3.8) is 0 Å². The van der Waals surface area contributed by atoms with E-state index in [1.54, 1.807) is 60.3 Å². The number of ether oxygens (including phenoxy) is 4. The normalized spacial score (nSPS) is 12.5. The summed E-state index contributed by atoms with van der Waals surface area (Å²) in [6, 6.07) is 58.1. The quantitative estimate of drug-likeness (QED) is 0.0167. The van der Waals surface area contributed by atoms with Crippen LogP contribution < -0.4 is 30.8 Å². The molecule has 0 aliphatic rings. The van der Waals surface area contributed by atoms with Gasteiger partial charge >= 0.3 is 12.1 Å². The molecule has 2 heterocycles. The number of fused-ring (bicyclic) bond motifs is 1. The van der Waals surface area contributed by atoms with E-state index in [1.165, 1.54) is 6.20 Å². The molecule has 0 spiro atoms. The van der Waals surface area contributed by atoms with Gasteiger partial charge in [-0.15, -0.1) is 0 Å². The SMILES string of the molecule is Cn1cc(C(=O)NC[C@H](NS(=O)c2ccc(-c3ccc(S(=O)NCCCOCCOCCOCCCNC(=O)OCc4ccccc4)cc3)cc2)C(=O)O)c(=O)c2ccc(CNc3nccn3C(c3ccccc3)(c3ccccc3)c3ccccc3)cc21. The number of amides is 2. The van der Waals surface area contributed by atoms with Gasteiger partial charge in [0.2, 0.25) is 11.4 Å². The third-order valence-corrected chi connectivity index (χ3v) is 16.8. The molecule has 9 aromatic rings. The Bertz CT molecular complexity index is 3730. The minimum absolute atomic E-state index is 0.183. The van der Waals surface area contributed by atoms with Crippen LogP contribution in [0.1, 0.15) is 51.0 Å². The predicted molar refractivity (Wildman–Crippen MR) is 339 cm³/mol. The van der Waals surface area contributed by atoms with Crippen LogP contribution in [0.2, 0.25) is 0 Å². The van der Waals surface area contributed by atoms with Crippen LogP contribution in [0.3, 0.4) is 0 Å². The number of alkyl carbamates (subject to hydrolysis) is 1. The molecule has 3 atom stereocenters. The molecule has 0 aliphatic carbocycles. The van der Waals surface area contributed by atoms with Gasteiger partial charge < -0.3 is 44.6 Å². The van der Waals surface area contributed by atoms with E-state index in [1.807, 2.05) is 115 Å². The highest BCUT2D eigenvalue weighted by Crippen LogP contribution is 2.42. The second kappa shape index (κ2) is 32.2. The van der Waals surface area contributed by atoms with Crippen molar-refractivity contribution in [3.05, 3.63) is 250 Å². The lowest BCUT2D eigenvalue weighted by Gasteiger charge is -2.38. The van der Waals surface area contributed by atoms with Gasteiger partial charge in [-0.05, 0) is 88.2 Å². The van der Waals surface area contributed by atoms with Gasteiger partial charge in [-0.2, -0.15) is 0 Å². The maximum atomic E-state index is 13.9. The minimum atomic E-state index is -2.00. The first-order valence-electron chi connectivity index (χ1n) is 28.8. The number of imidazole rings is 1. The highest BCUT2D eigenvalue weighted by atomic mass is 32.2. The number of nitrogens with zero attached hydrogens (tertiary/aromatic N) is 3. The third-order valence-electron chi connectivity index (χ3n) is 14.4. The lowest BCUT2D eigenvalue weighted by Crippen LogP contribution is -2.47. The molecular weight excluding hydrogens is 1160 g/mol. The summed E-state index contributed by atoms with van der Waals surface area (Å²) in [5, 5.41) is 19.2. The molecule has 9 rings (SSSR count). The van der Waals surface area contributed by atoms with E-state index in [0.29, 0.717) is 98.8 Å². The molecule has 456 valence electrons. The number of pyridine rings is 1. The molecule has 19 nitrogen and oxygen atoms in total. The number of benzene rings is 7. The molecule has 0 saturated heterocycles. The zero-order valence-electron chi connectivity index (χ0n) is 48.6. The van der Waals surface area contributed by atoms with Crippen LogP contribution >= 0.6 is 0 Å². The van der Waals surface area contributed by atoms with Crippen LogP contribution in [-0.4, -0.2) is 111 Å². The number of carbonyl (C=O) groups excluding carboxylic acids is 2. The molecule has 0 saturated carbocycles. The average Bonchev–Trinajstić information content (AvgIpc) is 1.40. The van der Waals surface area contributed by atoms with Crippen molar-refractivity contribution in [1.82, 2.24) is 34.2 Å². The zero-order valence-corrected chi connectivity index (χ0v) is 50.2. The second-order valence-corrected chi connectivity index (χ2v) is 22.9. The van der Waals surface area contributed by atoms with Crippen LogP contribution in [0.4, 0.5) is 10.7 Å². The number of nitrogens with one attached hydrogen (secondary N) is 5. The summed E-state index contributed by atoms with van der Waals surface area (Å²) in [5.74, 6) is -1.52. The highest BCUT2D eigenvalue weighted by molar-refractivity contribution is 7.83. The van der Waals surface area contributed by atoms with Gasteiger partial charge in [0.15, 0.2) is 0 Å². The van der Waals surface area contributed by atoms with Gasteiger partial charge in [0.05, 0.1) is 41.7 Å². The fourth-order valence-corrected chi connectivity index (χ4v) is 11.8. The number of carboxylic acids is 1. The second-order valence-electron chi connectivity index (χ2n) is 20.3. The van der Waals surface area contributed by atoms with Crippen LogP contribution in [0, 0.1) is 0 Å². The van der Waals surface area contributed by atoms with Crippen molar-refractivity contribution in [2.45, 2.75) is 47.4 Å². The maximum absolute atomic E-state index is 13.9. The van der Waals surface area contributed by atoms with Crippen LogP contribution in [-0.2, 0) is 71.5 Å². The van der Waals surface area contributed by atoms with Crippen LogP contribution in [0.25, 0.3) is 22.0 Å². The van der Waals surface area contributed by atoms with Crippen LogP contribution in [0.15, 0.2) is 221 Å². The molecule has 7 aromatic carbocycles. The number of aliphatic carboxylic acids is 1. The number of hydrogen-bond donors (Lipinski definition) is 6. The van der Waals surface area contributed by atoms with Gasteiger partial charge in [0, 0.05) is 70.4 Å². The van der Waals surface area contributed by atoms with E-state index in [2.05, 4.69) is 66.4 Å². The van der Waals surface area contributed by atoms with Crippen molar-refractivity contribution in [3.8, 4) is 11.1 Å². The topological polar surface area (TPSA) is 242 Å². The van der Waals surface area contributed by atoms with Crippen molar-refractivity contribution < 1.29 is 46.9 Å². The predicted octanol–water partition coefficient (Wildman–Crippen LogP) is 8.72. The molecule has 0 fully saturated rings. The molecule has 6 N–H and O–H groups in total. The molecule has 2 aromatic heterocycles. The van der Waals surface area contributed by atoms with Crippen molar-refractivity contribution >= 4 is 56.8 Å². The summed E-state index contributed by atoms with van der Waals surface area (Å²) in [6.45, 7) is 3.63. The Morgan fingerprint density at radius 2 is 1.16 bits per heavy atom. The maximum Gasteiger partial charge on any atom is 0.407 e. The number of carboxylic acid groups (broad SMARTS) is 1. The molecule has 88 heavy (non-hydrogen) atoms. The Labute approximate surface area is 515 Å². The number of aromatic nitrogens is 3. The Morgan fingerprint density at radius 3 is 1.73 bits per heavy atom. The molecule has 0 radical (unpaired) electrons. The number of rotatable bonds is 33. The largest absolute Gasteiger partial charge is 0.480 e. The minimum Gasteiger partial charge on any atom is -0.480 e. The summed E-state index contributed by atoms with van der Waals surface area (Å²) < 4.78 is 57.7. The summed E-state index contributed by atoms with van der Waals surface area (Å²) in [6.07, 6.45) is 5.98. The number of aryl methyl sites for hydroxylation is 1. The molecular formula is C67H70N8O11S2. The summed E-state index contributed by atoms with van der Waals surface area (Å²) in [7, 11) is -1.72. The van der Waals surface area contributed by atoms with E-state index >= 15 is 0 Å². The first-order valence-corrected chi connectivity index (χ1v) is 31.1. The van der Waals surface area contributed by atoms with Gasteiger partial charge in [-0.25, -0.2) is 27.6 Å². The Balaban J connectivity index is 0.692. The van der Waals surface area contributed by atoms with Crippen molar-refractivity contribution in [2.75, 3.05) is 64.6 Å². The Hall–Kier alpha value is -8.93. The van der Waals surface area contributed by atoms with Crippen LogP contribution in [0.5, 0.6) is 0 Å². The standard InChI is InChI=1S/C67H70N8O11S2/c1-74-47-59(62(76)58-33-24-50(44-61(58)74)45-71-65-68-36-37-75(65)67(53-18-8-3-9-19-53,54-20-10-4-11-21-54)55-22-12-5-13-23-55)63(77)70-46-60(64(78)79)73-88(82)57-31-27-52(28-32-57)51-25-29-56(30-26-51)87(81)72-35-15-39-84-41-43-85-42-40-83-38-14-34-69-66(80)86-48-49-16-6-2-7-17-49/h2-13,16-33,36-37,44,47,60,72-73H,14-15,34-35,38-43,45-46,48H2,1H3,(H,68,71)(H,69,80)(H,70,77)(H,78,79)/t60-,87?,88?/m0/s1. The molecule has 2 unspecified atom stereocenters. The lowest BCUT2D eigenvalue weighted by atomic mass is 9.76. The third kappa shape index (κ3) is 16.8. The lowest BCUT2D eigenvalue weighted by molar-refractivity contribution is -0.138. The first-order chi connectivity index (χ1) is 43.0. The first kappa shape index (κ1) is 63.6. The number of carbonyl (C=O) groups is 3. The van der Waals surface area contributed by atoms with Gasteiger partial charge in [-0.1, -0.05) is 152 Å². The molecule has 0 bridgehead atoms. The summed E-state index contributed by atoms with van der Waals surface area (Å²) >= 11 is 0. The van der Waals surface area contributed by atoms with E-state index in [9.17, 15) is 32.7 Å². The van der Waals surface area contributed by atoms with E-state index < -0.39 is 63.5 Å². The highest BCUT2D eigenvalue weighted by Gasteiger charge is 2.40. The number of hydrogen-bond acceptors (Lipinski definition) is 12. The van der Waals surface area contributed by atoms with E-state index in [-0.39, 0.29) is 12.2 Å². The van der Waals surface area contributed by atoms with E-state index in [4.69, 9.17) is 23.9 Å². The van der Waals surface area contributed by atoms with Gasteiger partial charge in [-0.3, -0.25) is 19.0 Å². The smallest absolute Gasteiger partial charge is 0.407 e. The zero-order chi connectivity index (χ0) is 61.5. The van der Waals surface area contributed by atoms with Gasteiger partial charge in [0.25, 0.3) is 5.91 Å². The van der Waals surface area contributed by atoms with Gasteiger partial charge in [0.1, 0.15) is 45.7 Å². The van der Waals surface area contributed by atoms with Crippen molar-refractivity contribution in [1.29, 1.82) is 0 Å². The Morgan fingerprint density at radius 1 is 0.625 bits per heavy atom. The Kier molecular flexibility index (Phi) is 23.2. The fourth-order valence-electron chi connectivity index (χ4n) is 9.95. The fraction of sp³-hybridized carbons (Fsp3) is 0.239. The molecule has 0 aliphatic heterocycles. The van der Waals surface area contributed by atoms with Crippen molar-refractivity contribution in [2.24, 2.45) is 7.05 Å².